The Hall–Kier alpha value is -1.82. The smallest absolute Gasteiger partial charge is 0.308 e. The van der Waals surface area contributed by atoms with E-state index in [1.165, 1.54) is 6.92 Å². The zero-order valence-corrected chi connectivity index (χ0v) is 9.13. The van der Waals surface area contributed by atoms with Gasteiger partial charge in [-0.05, 0) is 25.0 Å². The van der Waals surface area contributed by atoms with Crippen LogP contribution in [0.4, 0.5) is 0 Å². The lowest BCUT2D eigenvalue weighted by molar-refractivity contribution is -0.131. The molecule has 0 unspecified atom stereocenters. The molecule has 0 atom stereocenters. The monoisotopic (exact) mass is 203 g/mol. The van der Waals surface area contributed by atoms with Gasteiger partial charge in [-0.3, -0.25) is 4.79 Å². The number of esters is 1. The lowest BCUT2D eigenvalue weighted by Crippen LogP contribution is -2.04. The van der Waals surface area contributed by atoms with E-state index in [1.54, 1.807) is 13.0 Å². The average Bonchev–Trinajstić information content (AvgIpc) is 2.20. The minimum Gasteiger partial charge on any atom is -0.426 e. The third-order valence-corrected chi connectivity index (χ3v) is 2.25. The summed E-state index contributed by atoms with van der Waals surface area (Å²) in [4.78, 5) is 10.8. The number of ether oxygens (including phenoxy) is 1. The van der Waals surface area contributed by atoms with E-state index in [9.17, 15) is 4.79 Å². The fourth-order valence-electron chi connectivity index (χ4n) is 1.46. The van der Waals surface area contributed by atoms with Crippen LogP contribution < -0.4 is 4.74 Å². The van der Waals surface area contributed by atoms with Crippen LogP contribution in [0.25, 0.3) is 0 Å². The van der Waals surface area contributed by atoms with Gasteiger partial charge in [-0.25, -0.2) is 0 Å². The van der Waals surface area contributed by atoms with E-state index >= 15 is 0 Å². The summed E-state index contributed by atoms with van der Waals surface area (Å²) in [7, 11) is 0. The summed E-state index contributed by atoms with van der Waals surface area (Å²) in [5.74, 6) is 0.0995. The second-order valence-electron chi connectivity index (χ2n) is 3.28. The molecule has 0 fully saturated rings. The Morgan fingerprint density at radius 3 is 2.67 bits per heavy atom. The average molecular weight is 203 g/mol. The molecule has 0 heterocycles. The van der Waals surface area contributed by atoms with Gasteiger partial charge in [0, 0.05) is 12.5 Å². The first-order valence-electron chi connectivity index (χ1n) is 4.81. The van der Waals surface area contributed by atoms with Crippen LogP contribution in [0, 0.1) is 18.3 Å². The Morgan fingerprint density at radius 1 is 1.53 bits per heavy atom. The molecule has 0 aliphatic heterocycles. The summed E-state index contributed by atoms with van der Waals surface area (Å²) in [5.41, 5.74) is 2.31. The molecule has 0 bridgehead atoms. The summed E-state index contributed by atoms with van der Waals surface area (Å²) < 4.78 is 5.00. The van der Waals surface area contributed by atoms with Crippen LogP contribution in [-0.2, 0) is 11.2 Å². The van der Waals surface area contributed by atoms with Crippen molar-refractivity contribution in [3.63, 3.8) is 0 Å². The number of hydrogen-bond donors (Lipinski definition) is 0. The van der Waals surface area contributed by atoms with Crippen LogP contribution in [0.2, 0.25) is 0 Å². The number of aryl methyl sites for hydroxylation is 1. The van der Waals surface area contributed by atoms with E-state index in [0.29, 0.717) is 11.3 Å². The maximum absolute atomic E-state index is 10.8. The molecular weight excluding hydrogens is 190 g/mol. The number of benzene rings is 1. The van der Waals surface area contributed by atoms with Crippen LogP contribution in [0.3, 0.4) is 0 Å². The van der Waals surface area contributed by atoms with Crippen molar-refractivity contribution in [2.45, 2.75) is 27.2 Å². The first-order valence-corrected chi connectivity index (χ1v) is 4.81. The molecule has 0 aliphatic rings. The number of carbonyl (C=O) groups excluding carboxylic acids is 1. The molecule has 0 spiro atoms. The first kappa shape index (κ1) is 11.3. The van der Waals surface area contributed by atoms with Crippen molar-refractivity contribution >= 4 is 5.97 Å². The summed E-state index contributed by atoms with van der Waals surface area (Å²) in [6, 6.07) is 5.69. The predicted molar refractivity (Wildman–Crippen MR) is 56.6 cm³/mol. The van der Waals surface area contributed by atoms with Crippen molar-refractivity contribution in [3.05, 3.63) is 28.8 Å². The maximum Gasteiger partial charge on any atom is 0.308 e. The van der Waals surface area contributed by atoms with E-state index in [2.05, 4.69) is 6.07 Å². The summed E-state index contributed by atoms with van der Waals surface area (Å²) in [6.07, 6.45) is 0.796. The van der Waals surface area contributed by atoms with Crippen LogP contribution in [0.1, 0.15) is 30.5 Å². The molecule has 1 rings (SSSR count). The Bertz CT molecular complexity index is 430. The molecule has 1 aromatic carbocycles. The molecule has 3 nitrogen and oxygen atoms in total. The van der Waals surface area contributed by atoms with Gasteiger partial charge in [0.2, 0.25) is 0 Å². The molecule has 0 aromatic heterocycles. The van der Waals surface area contributed by atoms with Gasteiger partial charge in [0.05, 0.1) is 11.6 Å². The fourth-order valence-corrected chi connectivity index (χ4v) is 1.46. The number of nitriles is 1. The molecule has 0 amide bonds. The Labute approximate surface area is 89.3 Å². The number of rotatable bonds is 2. The summed E-state index contributed by atoms with van der Waals surface area (Å²) >= 11 is 0. The van der Waals surface area contributed by atoms with Gasteiger partial charge < -0.3 is 4.74 Å². The highest BCUT2D eigenvalue weighted by molar-refractivity contribution is 5.70. The van der Waals surface area contributed by atoms with E-state index in [-0.39, 0.29) is 5.97 Å². The number of hydrogen-bond acceptors (Lipinski definition) is 3. The van der Waals surface area contributed by atoms with E-state index in [0.717, 1.165) is 17.5 Å². The minimum absolute atomic E-state index is 0.369. The zero-order chi connectivity index (χ0) is 11.4. The highest BCUT2D eigenvalue weighted by atomic mass is 16.5. The van der Waals surface area contributed by atoms with Crippen molar-refractivity contribution in [2.24, 2.45) is 0 Å². The van der Waals surface area contributed by atoms with Crippen molar-refractivity contribution < 1.29 is 9.53 Å². The van der Waals surface area contributed by atoms with Crippen LogP contribution in [0.5, 0.6) is 5.75 Å². The molecule has 0 saturated heterocycles. The minimum atomic E-state index is -0.369. The maximum atomic E-state index is 10.8. The molecule has 0 N–H and O–H groups in total. The summed E-state index contributed by atoms with van der Waals surface area (Å²) in [6.45, 7) is 5.12. The second-order valence-corrected chi connectivity index (χ2v) is 3.28. The van der Waals surface area contributed by atoms with Crippen molar-refractivity contribution in [2.75, 3.05) is 0 Å². The van der Waals surface area contributed by atoms with Crippen LogP contribution in [0.15, 0.2) is 12.1 Å². The second kappa shape index (κ2) is 4.61. The molecular formula is C12H13NO2. The van der Waals surface area contributed by atoms with Gasteiger partial charge in [0.25, 0.3) is 0 Å². The molecule has 78 valence electrons. The van der Waals surface area contributed by atoms with Gasteiger partial charge in [-0.15, -0.1) is 0 Å². The fraction of sp³-hybridized carbons (Fsp3) is 0.333. The SMILES string of the molecule is CCc1ccc(OC(C)=O)c(C)c1C#N. The topological polar surface area (TPSA) is 50.1 Å². The predicted octanol–water partition coefficient (Wildman–Crippen LogP) is 2.35. The number of carbonyl (C=O) groups is 1. The van der Waals surface area contributed by atoms with Gasteiger partial charge in [-0.1, -0.05) is 13.0 Å². The summed E-state index contributed by atoms with van der Waals surface area (Å²) in [5, 5.41) is 9.00. The quantitative estimate of drug-likeness (QED) is 0.547. The highest BCUT2D eigenvalue weighted by Gasteiger charge is 2.10. The molecule has 15 heavy (non-hydrogen) atoms. The third kappa shape index (κ3) is 2.35. The highest BCUT2D eigenvalue weighted by Crippen LogP contribution is 2.24. The van der Waals surface area contributed by atoms with Gasteiger partial charge in [0.15, 0.2) is 0 Å². The largest absolute Gasteiger partial charge is 0.426 e. The lowest BCUT2D eigenvalue weighted by Gasteiger charge is -2.09. The molecule has 1 aromatic rings. The zero-order valence-electron chi connectivity index (χ0n) is 9.13. The van der Waals surface area contributed by atoms with Gasteiger partial charge >= 0.3 is 5.97 Å². The first-order chi connectivity index (χ1) is 7.10. The molecule has 3 heteroatoms. The van der Waals surface area contributed by atoms with E-state index < -0.39 is 0 Å². The Kier molecular flexibility index (Phi) is 3.46. The Morgan fingerprint density at radius 2 is 2.20 bits per heavy atom. The van der Waals surface area contributed by atoms with Crippen LogP contribution >= 0.6 is 0 Å². The van der Waals surface area contributed by atoms with Crippen molar-refractivity contribution in [3.8, 4) is 11.8 Å². The van der Waals surface area contributed by atoms with E-state index in [4.69, 9.17) is 10.00 Å². The lowest BCUT2D eigenvalue weighted by atomic mass is 10.0. The van der Waals surface area contributed by atoms with Gasteiger partial charge in [0.1, 0.15) is 5.75 Å². The standard InChI is InChI=1S/C12H13NO2/c1-4-10-5-6-12(15-9(3)14)8(2)11(10)7-13/h5-6H,4H2,1-3H3. The molecule has 0 saturated carbocycles. The van der Waals surface area contributed by atoms with Crippen molar-refractivity contribution in [1.82, 2.24) is 0 Å². The van der Waals surface area contributed by atoms with E-state index in [1.807, 2.05) is 13.0 Å². The third-order valence-electron chi connectivity index (χ3n) is 2.25. The molecule has 0 radical (unpaired) electrons. The van der Waals surface area contributed by atoms with Gasteiger partial charge in [-0.2, -0.15) is 5.26 Å². The van der Waals surface area contributed by atoms with Crippen molar-refractivity contribution in [1.29, 1.82) is 5.26 Å². The molecule has 0 aliphatic carbocycles. The van der Waals surface area contributed by atoms with Crippen LogP contribution in [-0.4, -0.2) is 5.97 Å². The number of nitrogens with zero attached hydrogens (tertiary/aromatic N) is 1. The normalized spacial score (nSPS) is 9.47. The Balaban J connectivity index is 3.24.